The Kier molecular flexibility index (Phi) is 5.29. The lowest BCUT2D eigenvalue weighted by atomic mass is 10.1. The van der Waals surface area contributed by atoms with Crippen LogP contribution in [0.4, 0.5) is 13.2 Å². The molecular formula is C15H21F3N4O3S. The molecule has 1 amide bonds. The number of sulfonamides is 1. The summed E-state index contributed by atoms with van der Waals surface area (Å²) in [6.07, 6.45) is 0.501. The molecule has 1 aliphatic carbocycles. The number of aromatic nitrogens is 2. The molecule has 2 fully saturated rings. The first-order valence-electron chi connectivity index (χ1n) is 8.51. The highest BCUT2D eigenvalue weighted by Crippen LogP contribution is 2.34. The number of halogens is 3. The maximum absolute atomic E-state index is 13.2. The molecule has 0 bridgehead atoms. The van der Waals surface area contributed by atoms with Gasteiger partial charge in [-0.3, -0.25) is 9.48 Å². The van der Waals surface area contributed by atoms with Gasteiger partial charge in [0.05, 0.1) is 6.42 Å². The summed E-state index contributed by atoms with van der Waals surface area (Å²) in [4.78, 5) is 13.3. The van der Waals surface area contributed by atoms with Gasteiger partial charge in [-0.2, -0.15) is 18.3 Å². The van der Waals surface area contributed by atoms with Crippen molar-refractivity contribution in [3.8, 4) is 0 Å². The predicted octanol–water partition coefficient (Wildman–Crippen LogP) is 1.45. The van der Waals surface area contributed by atoms with Gasteiger partial charge >= 0.3 is 6.18 Å². The van der Waals surface area contributed by atoms with Crippen molar-refractivity contribution in [1.29, 1.82) is 0 Å². The van der Waals surface area contributed by atoms with Crippen LogP contribution in [-0.2, 0) is 14.8 Å². The Bertz CT molecular complexity index is 724. The van der Waals surface area contributed by atoms with Crippen LogP contribution in [0.3, 0.4) is 0 Å². The second kappa shape index (κ2) is 7.18. The van der Waals surface area contributed by atoms with Gasteiger partial charge in [0, 0.05) is 31.5 Å². The van der Waals surface area contributed by atoms with Gasteiger partial charge in [0.2, 0.25) is 15.9 Å². The third-order valence-electron chi connectivity index (χ3n) is 4.92. The molecule has 26 heavy (non-hydrogen) atoms. The summed E-state index contributed by atoms with van der Waals surface area (Å²) in [5.74, 6) is -0.727. The molecule has 11 heteroatoms. The summed E-state index contributed by atoms with van der Waals surface area (Å²) >= 11 is 0. The average molecular weight is 394 g/mol. The summed E-state index contributed by atoms with van der Waals surface area (Å²) in [6, 6.07) is -0.777. The fraction of sp³-hybridized carbons (Fsp3) is 0.733. The molecule has 1 saturated carbocycles. The van der Waals surface area contributed by atoms with E-state index in [1.807, 2.05) is 0 Å². The monoisotopic (exact) mass is 394 g/mol. The molecule has 0 spiro atoms. The first-order chi connectivity index (χ1) is 12.2. The normalized spacial score (nSPS) is 21.0. The molecule has 1 atom stereocenters. The minimum Gasteiger partial charge on any atom is -0.340 e. The molecule has 1 aromatic rings. The van der Waals surface area contributed by atoms with Crippen LogP contribution in [0.5, 0.6) is 0 Å². The van der Waals surface area contributed by atoms with Crippen molar-refractivity contribution in [1.82, 2.24) is 19.4 Å². The summed E-state index contributed by atoms with van der Waals surface area (Å²) in [5, 5.41) is 2.81. The number of alkyl halides is 3. The molecule has 1 unspecified atom stereocenters. The summed E-state index contributed by atoms with van der Waals surface area (Å²) in [6.45, 7) is -0.158. The van der Waals surface area contributed by atoms with Crippen molar-refractivity contribution in [3.63, 3.8) is 0 Å². The van der Waals surface area contributed by atoms with Gasteiger partial charge in [0.15, 0.2) is 6.04 Å². The van der Waals surface area contributed by atoms with Gasteiger partial charge in [-0.25, -0.2) is 13.1 Å². The first kappa shape index (κ1) is 19.2. The van der Waals surface area contributed by atoms with Gasteiger partial charge in [-0.15, -0.1) is 0 Å². The highest BCUT2D eigenvalue weighted by atomic mass is 32.2. The fourth-order valence-electron chi connectivity index (χ4n) is 3.33. The van der Waals surface area contributed by atoms with Crippen LogP contribution in [0.15, 0.2) is 18.5 Å². The Labute approximate surface area is 149 Å². The Morgan fingerprint density at radius 1 is 1.27 bits per heavy atom. The van der Waals surface area contributed by atoms with E-state index in [1.165, 1.54) is 12.3 Å². The Balaban J connectivity index is 1.55. The average Bonchev–Trinajstić information content (AvgIpc) is 3.14. The van der Waals surface area contributed by atoms with Gasteiger partial charge < -0.3 is 4.90 Å². The smallest absolute Gasteiger partial charge is 0.340 e. The van der Waals surface area contributed by atoms with E-state index in [4.69, 9.17) is 0 Å². The van der Waals surface area contributed by atoms with Crippen molar-refractivity contribution >= 4 is 15.9 Å². The van der Waals surface area contributed by atoms with Crippen LogP contribution in [0, 0.1) is 0 Å². The van der Waals surface area contributed by atoms with Crippen molar-refractivity contribution in [2.75, 3.05) is 13.1 Å². The topological polar surface area (TPSA) is 84.3 Å². The second-order valence-corrected chi connectivity index (χ2v) is 8.80. The van der Waals surface area contributed by atoms with E-state index in [0.717, 1.165) is 36.8 Å². The molecule has 1 N–H and O–H groups in total. The number of hydrogen-bond acceptors (Lipinski definition) is 4. The van der Waals surface area contributed by atoms with E-state index in [1.54, 1.807) is 0 Å². The SMILES string of the molecule is O=C(CC(n1cccn1)C(F)(F)F)N1CC(S(=O)(=O)NC2CCCC2)C1. The zero-order chi connectivity index (χ0) is 18.9. The lowest BCUT2D eigenvalue weighted by molar-refractivity contribution is -0.178. The summed E-state index contributed by atoms with van der Waals surface area (Å²) < 4.78 is 67.4. The summed E-state index contributed by atoms with van der Waals surface area (Å²) in [7, 11) is -3.56. The third-order valence-corrected chi connectivity index (χ3v) is 6.75. The van der Waals surface area contributed by atoms with Gasteiger partial charge in [-0.1, -0.05) is 12.8 Å². The number of hydrogen-bond donors (Lipinski definition) is 1. The molecule has 0 radical (unpaired) electrons. The van der Waals surface area contributed by atoms with Crippen LogP contribution < -0.4 is 4.72 Å². The first-order valence-corrected chi connectivity index (χ1v) is 10.1. The Hall–Kier alpha value is -1.62. The van der Waals surface area contributed by atoms with Gasteiger partial charge in [0.25, 0.3) is 0 Å². The number of nitrogens with zero attached hydrogens (tertiary/aromatic N) is 3. The standard InChI is InChI=1S/C15H21F3N4O3S/c16-15(17,18)13(22-7-3-6-19-22)8-14(23)21-9-12(10-21)26(24,25)20-11-4-1-2-5-11/h3,6-7,11-13,20H,1-2,4-5,8-10H2. The number of amides is 1. The van der Waals surface area contributed by atoms with E-state index in [0.29, 0.717) is 4.68 Å². The fourth-order valence-corrected chi connectivity index (χ4v) is 4.97. The Morgan fingerprint density at radius 3 is 2.46 bits per heavy atom. The third kappa shape index (κ3) is 4.20. The van der Waals surface area contributed by atoms with Gasteiger partial charge in [-0.05, 0) is 18.9 Å². The highest BCUT2D eigenvalue weighted by Gasteiger charge is 2.46. The molecular weight excluding hydrogens is 373 g/mol. The number of carbonyl (C=O) groups is 1. The van der Waals surface area contributed by atoms with E-state index in [2.05, 4.69) is 9.82 Å². The zero-order valence-corrected chi connectivity index (χ0v) is 14.8. The zero-order valence-electron chi connectivity index (χ0n) is 14.0. The highest BCUT2D eigenvalue weighted by molar-refractivity contribution is 7.90. The predicted molar refractivity (Wildman–Crippen MR) is 86.6 cm³/mol. The molecule has 7 nitrogen and oxygen atoms in total. The minimum atomic E-state index is -4.62. The van der Waals surface area contributed by atoms with E-state index in [-0.39, 0.29) is 19.1 Å². The lowest BCUT2D eigenvalue weighted by Crippen LogP contribution is -2.60. The number of rotatable bonds is 6. The van der Waals surface area contributed by atoms with Crippen molar-refractivity contribution in [2.45, 2.75) is 55.6 Å². The molecule has 1 aliphatic heterocycles. The van der Waals surface area contributed by atoms with Crippen LogP contribution in [0.25, 0.3) is 0 Å². The molecule has 0 aromatic carbocycles. The van der Waals surface area contributed by atoms with E-state index < -0.39 is 39.8 Å². The number of nitrogens with one attached hydrogen (secondary N) is 1. The maximum atomic E-state index is 13.2. The quantitative estimate of drug-likeness (QED) is 0.792. The maximum Gasteiger partial charge on any atom is 0.411 e. The van der Waals surface area contributed by atoms with Crippen LogP contribution in [0.2, 0.25) is 0 Å². The summed E-state index contributed by atoms with van der Waals surface area (Å²) in [5.41, 5.74) is 0. The molecule has 1 aromatic heterocycles. The van der Waals surface area contributed by atoms with E-state index >= 15 is 0 Å². The van der Waals surface area contributed by atoms with Crippen molar-refractivity contribution in [2.24, 2.45) is 0 Å². The van der Waals surface area contributed by atoms with Crippen molar-refractivity contribution < 1.29 is 26.4 Å². The minimum absolute atomic E-state index is 0.0702. The molecule has 146 valence electrons. The molecule has 3 rings (SSSR count). The Morgan fingerprint density at radius 2 is 1.92 bits per heavy atom. The lowest BCUT2D eigenvalue weighted by Gasteiger charge is -2.39. The van der Waals surface area contributed by atoms with Crippen LogP contribution in [-0.4, -0.2) is 59.6 Å². The van der Waals surface area contributed by atoms with Crippen molar-refractivity contribution in [3.05, 3.63) is 18.5 Å². The van der Waals surface area contributed by atoms with Gasteiger partial charge in [0.1, 0.15) is 5.25 Å². The largest absolute Gasteiger partial charge is 0.411 e. The number of likely N-dealkylation sites (tertiary alicyclic amines) is 1. The van der Waals surface area contributed by atoms with Crippen LogP contribution >= 0.6 is 0 Å². The molecule has 2 heterocycles. The number of carbonyl (C=O) groups excluding carboxylic acids is 1. The second-order valence-electron chi connectivity index (χ2n) is 6.81. The van der Waals surface area contributed by atoms with E-state index in [9.17, 15) is 26.4 Å². The molecule has 1 saturated heterocycles. The molecule has 2 aliphatic rings. The van der Waals surface area contributed by atoms with Crippen LogP contribution in [0.1, 0.15) is 38.1 Å².